The Hall–Kier alpha value is -4.46. The van der Waals surface area contributed by atoms with Gasteiger partial charge in [-0.2, -0.15) is 9.13 Å². The molecule has 5 aromatic rings. The molecule has 36 heavy (non-hydrogen) atoms. The standard InChI is InChI=1S/C28H28N4O4/c1-5-35-27(33)19-7-11-21(12-8-19)31-17-29(3)23-15-24-26(16-25(23)31)32(18-30(24)4)22-13-9-20(10-14-22)28(34)36-6-2/h7-18H,5-6H2,1-4H3/q+2. The van der Waals surface area contributed by atoms with Crippen LogP contribution in [-0.2, 0) is 23.6 Å². The number of imidazole rings is 2. The minimum absolute atomic E-state index is 0.326. The molecular weight excluding hydrogens is 456 g/mol. The molecule has 8 heteroatoms. The van der Waals surface area contributed by atoms with E-state index in [1.54, 1.807) is 38.1 Å². The molecule has 2 heterocycles. The highest BCUT2D eigenvalue weighted by Gasteiger charge is 2.23. The lowest BCUT2D eigenvalue weighted by molar-refractivity contribution is -0.649. The average Bonchev–Trinajstić information content (AvgIpc) is 3.39. The molecule has 0 spiro atoms. The van der Waals surface area contributed by atoms with E-state index in [-0.39, 0.29) is 11.9 Å². The van der Waals surface area contributed by atoms with Crippen LogP contribution in [0.1, 0.15) is 34.6 Å². The monoisotopic (exact) mass is 484 g/mol. The van der Waals surface area contributed by atoms with Crippen LogP contribution < -0.4 is 9.13 Å². The SMILES string of the molecule is CCOC(=O)c1ccc(-n2c[n+](C)c3cc4c(cc32)n(-c2ccc(C(=O)OCC)cc2)c[n+]4C)cc1. The van der Waals surface area contributed by atoms with E-state index in [0.29, 0.717) is 24.3 Å². The zero-order valence-corrected chi connectivity index (χ0v) is 20.8. The highest BCUT2D eigenvalue weighted by Crippen LogP contribution is 2.25. The average molecular weight is 485 g/mol. The number of ether oxygens (including phenoxy) is 2. The van der Waals surface area contributed by atoms with E-state index in [2.05, 4.69) is 30.4 Å². The number of aryl methyl sites for hydroxylation is 2. The zero-order chi connectivity index (χ0) is 25.4. The van der Waals surface area contributed by atoms with Crippen LogP contribution >= 0.6 is 0 Å². The van der Waals surface area contributed by atoms with Crippen LogP contribution in [0.25, 0.3) is 33.4 Å². The van der Waals surface area contributed by atoms with Crippen molar-refractivity contribution in [2.24, 2.45) is 14.1 Å². The molecule has 182 valence electrons. The predicted molar refractivity (Wildman–Crippen MR) is 134 cm³/mol. The second kappa shape index (κ2) is 9.30. The number of hydrogen-bond donors (Lipinski definition) is 0. The first-order valence-corrected chi connectivity index (χ1v) is 11.9. The van der Waals surface area contributed by atoms with Gasteiger partial charge in [0.05, 0.1) is 38.4 Å². The second-order valence-electron chi connectivity index (χ2n) is 8.56. The van der Waals surface area contributed by atoms with Gasteiger partial charge in [-0.3, -0.25) is 0 Å². The van der Waals surface area contributed by atoms with Crippen LogP contribution in [0.5, 0.6) is 0 Å². The van der Waals surface area contributed by atoms with E-state index < -0.39 is 0 Å². The van der Waals surface area contributed by atoms with Crippen molar-refractivity contribution in [3.63, 3.8) is 0 Å². The number of benzene rings is 3. The Balaban J connectivity index is 1.60. The van der Waals surface area contributed by atoms with Crippen LogP contribution in [0.15, 0.2) is 73.3 Å². The maximum Gasteiger partial charge on any atom is 0.338 e. The summed E-state index contributed by atoms with van der Waals surface area (Å²) in [5.74, 6) is -0.652. The molecule has 0 unspecified atom stereocenters. The molecule has 0 N–H and O–H groups in total. The van der Waals surface area contributed by atoms with E-state index in [0.717, 1.165) is 33.4 Å². The van der Waals surface area contributed by atoms with Gasteiger partial charge in [0.25, 0.3) is 0 Å². The van der Waals surface area contributed by atoms with E-state index in [9.17, 15) is 9.59 Å². The summed E-state index contributed by atoms with van der Waals surface area (Å²) in [5.41, 5.74) is 7.12. The van der Waals surface area contributed by atoms with Crippen molar-refractivity contribution in [3.8, 4) is 11.4 Å². The number of rotatable bonds is 6. The highest BCUT2D eigenvalue weighted by atomic mass is 16.5. The van der Waals surface area contributed by atoms with Gasteiger partial charge in [0.15, 0.2) is 22.1 Å². The first-order chi connectivity index (χ1) is 17.4. The second-order valence-corrected chi connectivity index (χ2v) is 8.56. The highest BCUT2D eigenvalue weighted by molar-refractivity contribution is 5.92. The fourth-order valence-electron chi connectivity index (χ4n) is 4.46. The number of esters is 2. The molecule has 0 atom stereocenters. The molecule has 5 rings (SSSR count). The van der Waals surface area contributed by atoms with Gasteiger partial charge in [-0.15, -0.1) is 0 Å². The molecule has 0 bridgehead atoms. The Morgan fingerprint density at radius 1 is 0.667 bits per heavy atom. The lowest BCUT2D eigenvalue weighted by atomic mass is 10.2. The van der Waals surface area contributed by atoms with Crippen molar-refractivity contribution in [1.29, 1.82) is 0 Å². The summed E-state index contributed by atoms with van der Waals surface area (Å²) in [6.07, 6.45) is 4.06. The van der Waals surface area contributed by atoms with Crippen molar-refractivity contribution in [3.05, 3.63) is 84.4 Å². The topological polar surface area (TPSA) is 70.2 Å². The normalized spacial score (nSPS) is 11.2. The van der Waals surface area contributed by atoms with Crippen LogP contribution in [0.3, 0.4) is 0 Å². The first-order valence-electron chi connectivity index (χ1n) is 11.9. The number of nitrogens with zero attached hydrogens (tertiary/aromatic N) is 4. The van der Waals surface area contributed by atoms with Gasteiger partial charge in [0.2, 0.25) is 12.7 Å². The summed E-state index contributed by atoms with van der Waals surface area (Å²) in [4.78, 5) is 24.1. The summed E-state index contributed by atoms with van der Waals surface area (Å²) in [6.45, 7) is 4.28. The fourth-order valence-corrected chi connectivity index (χ4v) is 4.46. The van der Waals surface area contributed by atoms with Gasteiger partial charge < -0.3 is 9.47 Å². The third-order valence-corrected chi connectivity index (χ3v) is 6.24. The third kappa shape index (κ3) is 4.00. The van der Waals surface area contributed by atoms with Crippen molar-refractivity contribution < 1.29 is 28.2 Å². The molecule has 0 radical (unpaired) electrons. The van der Waals surface area contributed by atoms with E-state index >= 15 is 0 Å². The van der Waals surface area contributed by atoms with E-state index in [1.807, 2.05) is 51.0 Å². The Kier molecular flexibility index (Phi) is 6.01. The maximum absolute atomic E-state index is 12.1. The van der Waals surface area contributed by atoms with Gasteiger partial charge >= 0.3 is 11.9 Å². The van der Waals surface area contributed by atoms with Gasteiger partial charge in [-0.05, 0) is 62.4 Å². The summed E-state index contributed by atoms with van der Waals surface area (Å²) in [6, 6.07) is 19.1. The largest absolute Gasteiger partial charge is 0.462 e. The molecule has 3 aromatic carbocycles. The van der Waals surface area contributed by atoms with Crippen molar-refractivity contribution >= 4 is 34.0 Å². The molecule has 8 nitrogen and oxygen atoms in total. The summed E-state index contributed by atoms with van der Waals surface area (Å²) in [5, 5.41) is 0. The number of carbonyl (C=O) groups is 2. The number of carbonyl (C=O) groups excluding carboxylic acids is 2. The van der Waals surface area contributed by atoms with Gasteiger partial charge in [-0.25, -0.2) is 18.7 Å². The Bertz CT molecular complexity index is 1480. The third-order valence-electron chi connectivity index (χ3n) is 6.24. The van der Waals surface area contributed by atoms with E-state index in [4.69, 9.17) is 9.47 Å². The molecule has 0 amide bonds. The van der Waals surface area contributed by atoms with Crippen molar-refractivity contribution in [1.82, 2.24) is 9.13 Å². The van der Waals surface area contributed by atoms with Gasteiger partial charge in [0, 0.05) is 12.1 Å². The zero-order valence-electron chi connectivity index (χ0n) is 20.8. The van der Waals surface area contributed by atoms with Gasteiger partial charge in [-0.1, -0.05) is 0 Å². The lowest BCUT2D eigenvalue weighted by Crippen LogP contribution is -2.27. The molecule has 0 fully saturated rings. The van der Waals surface area contributed by atoms with Crippen LogP contribution in [-0.4, -0.2) is 34.3 Å². The fraction of sp³-hybridized carbons (Fsp3) is 0.214. The smallest absolute Gasteiger partial charge is 0.338 e. The predicted octanol–water partition coefficient (Wildman–Crippen LogP) is 3.58. The maximum atomic E-state index is 12.1. The Labute approximate surface area is 208 Å². The Morgan fingerprint density at radius 2 is 1.06 bits per heavy atom. The number of hydrogen-bond acceptors (Lipinski definition) is 4. The quantitative estimate of drug-likeness (QED) is 0.273. The number of aromatic nitrogens is 4. The molecule has 0 aliphatic heterocycles. The van der Waals surface area contributed by atoms with Crippen LogP contribution in [0.4, 0.5) is 0 Å². The summed E-state index contributed by atoms with van der Waals surface area (Å²) >= 11 is 0. The summed E-state index contributed by atoms with van der Waals surface area (Å²) < 4.78 is 18.6. The molecule has 2 aromatic heterocycles. The summed E-state index contributed by atoms with van der Waals surface area (Å²) in [7, 11) is 4.03. The molecular formula is C28H28N4O4+2. The molecule has 0 aliphatic rings. The number of fused-ring (bicyclic) bond motifs is 2. The minimum atomic E-state index is -0.326. The minimum Gasteiger partial charge on any atom is -0.462 e. The Morgan fingerprint density at radius 3 is 1.42 bits per heavy atom. The molecule has 0 saturated heterocycles. The van der Waals surface area contributed by atoms with Crippen LogP contribution in [0, 0.1) is 0 Å². The van der Waals surface area contributed by atoms with E-state index in [1.165, 1.54) is 0 Å². The first kappa shape index (κ1) is 23.3. The van der Waals surface area contributed by atoms with Crippen LogP contribution in [0.2, 0.25) is 0 Å². The lowest BCUT2D eigenvalue weighted by Gasteiger charge is -2.03. The molecule has 0 saturated carbocycles. The molecule has 0 aliphatic carbocycles. The van der Waals surface area contributed by atoms with Crippen molar-refractivity contribution in [2.45, 2.75) is 13.8 Å². The van der Waals surface area contributed by atoms with Crippen molar-refractivity contribution in [2.75, 3.05) is 13.2 Å². The van der Waals surface area contributed by atoms with Gasteiger partial charge in [0.1, 0.15) is 11.4 Å².